The second kappa shape index (κ2) is 4.49. The minimum Gasteiger partial charge on any atom is -0.390 e. The molecular weight excluding hydrogens is 202 g/mol. The number of benzene rings is 1. The normalized spacial score (nSPS) is 22.6. The van der Waals surface area contributed by atoms with Gasteiger partial charge in [-0.15, -0.1) is 6.58 Å². The van der Waals surface area contributed by atoms with Gasteiger partial charge in [0, 0.05) is 12.8 Å². The highest BCUT2D eigenvalue weighted by atomic mass is 16.3. The molecule has 0 fully saturated rings. The first kappa shape index (κ1) is 10.9. The molecule has 0 unspecified atom stereocenters. The van der Waals surface area contributed by atoms with Gasteiger partial charge in [0.05, 0.1) is 12.1 Å². The summed E-state index contributed by atoms with van der Waals surface area (Å²) in [6.07, 6.45) is 1.93. The summed E-state index contributed by atoms with van der Waals surface area (Å²) in [4.78, 5) is 11.5. The molecule has 0 heterocycles. The van der Waals surface area contributed by atoms with Gasteiger partial charge in [-0.2, -0.15) is 0 Å². The van der Waals surface area contributed by atoms with Gasteiger partial charge in [-0.05, 0) is 11.1 Å². The van der Waals surface area contributed by atoms with Crippen molar-refractivity contribution >= 4 is 5.91 Å². The number of hydrogen-bond donors (Lipinski definition) is 2. The molecule has 0 radical (unpaired) electrons. The van der Waals surface area contributed by atoms with Crippen molar-refractivity contribution in [2.24, 2.45) is 0 Å². The molecule has 2 rings (SSSR count). The Labute approximate surface area is 94.8 Å². The highest BCUT2D eigenvalue weighted by Crippen LogP contribution is 2.31. The van der Waals surface area contributed by atoms with E-state index in [9.17, 15) is 9.90 Å². The number of nitrogens with one attached hydrogen (secondary N) is 1. The third-order valence-electron chi connectivity index (χ3n) is 2.85. The van der Waals surface area contributed by atoms with E-state index < -0.39 is 6.10 Å². The van der Waals surface area contributed by atoms with Crippen LogP contribution in [0.2, 0.25) is 0 Å². The minimum atomic E-state index is -0.522. The van der Waals surface area contributed by atoms with E-state index in [1.54, 1.807) is 6.08 Å². The fraction of sp³-hybridized carbons (Fsp3) is 0.308. The van der Waals surface area contributed by atoms with Crippen molar-refractivity contribution in [3.63, 3.8) is 0 Å². The summed E-state index contributed by atoms with van der Waals surface area (Å²) < 4.78 is 0. The number of hydrogen-bond acceptors (Lipinski definition) is 2. The van der Waals surface area contributed by atoms with Gasteiger partial charge in [0.2, 0.25) is 5.91 Å². The molecule has 16 heavy (non-hydrogen) atoms. The second-order valence-electron chi connectivity index (χ2n) is 4.01. The SMILES string of the molecule is C=CCC(=O)N[C@H]1c2ccccc2C[C@H]1O. The largest absolute Gasteiger partial charge is 0.390 e. The van der Waals surface area contributed by atoms with E-state index in [1.165, 1.54) is 0 Å². The number of rotatable bonds is 3. The average molecular weight is 217 g/mol. The summed E-state index contributed by atoms with van der Waals surface area (Å²) in [5, 5.41) is 12.7. The van der Waals surface area contributed by atoms with Crippen molar-refractivity contribution < 1.29 is 9.90 Å². The fourth-order valence-electron chi connectivity index (χ4n) is 2.11. The summed E-state index contributed by atoms with van der Waals surface area (Å²) >= 11 is 0. The average Bonchev–Trinajstić information content (AvgIpc) is 2.56. The van der Waals surface area contributed by atoms with Crippen molar-refractivity contribution in [2.75, 3.05) is 0 Å². The molecule has 2 atom stereocenters. The summed E-state index contributed by atoms with van der Waals surface area (Å²) in [5.74, 6) is -0.101. The Morgan fingerprint density at radius 2 is 2.31 bits per heavy atom. The Morgan fingerprint density at radius 1 is 1.56 bits per heavy atom. The molecule has 2 N–H and O–H groups in total. The molecule has 1 amide bonds. The molecule has 0 saturated heterocycles. The summed E-state index contributed by atoms with van der Waals surface area (Å²) in [6, 6.07) is 7.52. The molecule has 0 saturated carbocycles. The van der Waals surface area contributed by atoms with E-state index in [1.807, 2.05) is 24.3 Å². The quantitative estimate of drug-likeness (QED) is 0.750. The van der Waals surface area contributed by atoms with Crippen LogP contribution < -0.4 is 5.32 Å². The minimum absolute atomic E-state index is 0.101. The fourth-order valence-corrected chi connectivity index (χ4v) is 2.11. The highest BCUT2D eigenvalue weighted by molar-refractivity contribution is 5.78. The zero-order valence-electron chi connectivity index (χ0n) is 9.02. The number of carbonyl (C=O) groups excluding carboxylic acids is 1. The molecule has 0 aromatic heterocycles. The highest BCUT2D eigenvalue weighted by Gasteiger charge is 2.31. The molecule has 0 spiro atoms. The van der Waals surface area contributed by atoms with Gasteiger partial charge < -0.3 is 10.4 Å². The van der Waals surface area contributed by atoms with Crippen LogP contribution in [-0.2, 0) is 11.2 Å². The van der Waals surface area contributed by atoms with Gasteiger partial charge >= 0.3 is 0 Å². The number of fused-ring (bicyclic) bond motifs is 1. The third kappa shape index (κ3) is 1.99. The van der Waals surface area contributed by atoms with E-state index in [0.717, 1.165) is 11.1 Å². The first-order chi connectivity index (χ1) is 7.72. The van der Waals surface area contributed by atoms with Gasteiger partial charge in [-0.25, -0.2) is 0 Å². The number of aliphatic hydroxyl groups excluding tert-OH is 1. The number of amides is 1. The maximum atomic E-state index is 11.5. The summed E-state index contributed by atoms with van der Waals surface area (Å²) in [5.41, 5.74) is 2.13. The Kier molecular flexibility index (Phi) is 3.06. The Bertz CT molecular complexity index is 414. The molecule has 1 aliphatic rings. The Hall–Kier alpha value is -1.61. The van der Waals surface area contributed by atoms with Crippen LogP contribution in [0.1, 0.15) is 23.6 Å². The molecule has 3 nitrogen and oxygen atoms in total. The van der Waals surface area contributed by atoms with Gasteiger partial charge in [-0.3, -0.25) is 4.79 Å². The molecular formula is C13H15NO2. The lowest BCUT2D eigenvalue weighted by atomic mass is 10.1. The van der Waals surface area contributed by atoms with Gasteiger partial charge in [0.25, 0.3) is 0 Å². The van der Waals surface area contributed by atoms with E-state index in [4.69, 9.17) is 0 Å². The molecule has 84 valence electrons. The van der Waals surface area contributed by atoms with Crippen LogP contribution in [0.4, 0.5) is 0 Å². The van der Waals surface area contributed by atoms with Crippen LogP contribution in [0.5, 0.6) is 0 Å². The van der Waals surface area contributed by atoms with Crippen LogP contribution in [0, 0.1) is 0 Å². The molecule has 0 bridgehead atoms. The van der Waals surface area contributed by atoms with Crippen LogP contribution >= 0.6 is 0 Å². The van der Waals surface area contributed by atoms with E-state index in [-0.39, 0.29) is 18.4 Å². The lowest BCUT2D eigenvalue weighted by Gasteiger charge is -2.17. The van der Waals surface area contributed by atoms with Crippen molar-refractivity contribution in [2.45, 2.75) is 25.0 Å². The van der Waals surface area contributed by atoms with Crippen LogP contribution in [0.25, 0.3) is 0 Å². The summed E-state index contributed by atoms with van der Waals surface area (Å²) in [7, 11) is 0. The van der Waals surface area contributed by atoms with Gasteiger partial charge in [-0.1, -0.05) is 30.3 Å². The van der Waals surface area contributed by atoms with Crippen LogP contribution in [0.15, 0.2) is 36.9 Å². The van der Waals surface area contributed by atoms with E-state index in [2.05, 4.69) is 11.9 Å². The molecule has 0 aliphatic heterocycles. The second-order valence-corrected chi connectivity index (χ2v) is 4.01. The van der Waals surface area contributed by atoms with Gasteiger partial charge in [0.15, 0.2) is 0 Å². The van der Waals surface area contributed by atoms with E-state index in [0.29, 0.717) is 6.42 Å². The number of carbonyl (C=O) groups is 1. The third-order valence-corrected chi connectivity index (χ3v) is 2.85. The molecule has 1 aromatic carbocycles. The van der Waals surface area contributed by atoms with Crippen molar-refractivity contribution in [3.05, 3.63) is 48.0 Å². The van der Waals surface area contributed by atoms with Crippen molar-refractivity contribution in [1.82, 2.24) is 5.32 Å². The lowest BCUT2D eigenvalue weighted by molar-refractivity contribution is -0.121. The topological polar surface area (TPSA) is 49.3 Å². The van der Waals surface area contributed by atoms with Crippen molar-refractivity contribution in [1.29, 1.82) is 0 Å². The standard InChI is InChI=1S/C13H15NO2/c1-2-5-12(16)14-13-10-7-4-3-6-9(10)8-11(13)15/h2-4,6-7,11,13,15H,1,5,8H2,(H,14,16)/t11-,13+/m1/s1. The zero-order chi connectivity index (χ0) is 11.5. The first-order valence-corrected chi connectivity index (χ1v) is 5.38. The molecule has 1 aromatic rings. The van der Waals surface area contributed by atoms with Gasteiger partial charge in [0.1, 0.15) is 0 Å². The smallest absolute Gasteiger partial charge is 0.224 e. The maximum absolute atomic E-state index is 11.5. The maximum Gasteiger partial charge on any atom is 0.224 e. The zero-order valence-corrected chi connectivity index (χ0v) is 9.02. The first-order valence-electron chi connectivity index (χ1n) is 5.38. The van der Waals surface area contributed by atoms with Crippen LogP contribution in [-0.4, -0.2) is 17.1 Å². The summed E-state index contributed by atoms with van der Waals surface area (Å²) in [6.45, 7) is 3.52. The van der Waals surface area contributed by atoms with E-state index >= 15 is 0 Å². The number of aliphatic hydroxyl groups is 1. The van der Waals surface area contributed by atoms with Crippen LogP contribution in [0.3, 0.4) is 0 Å². The predicted molar refractivity (Wildman–Crippen MR) is 61.9 cm³/mol. The lowest BCUT2D eigenvalue weighted by Crippen LogP contribution is -2.33. The Morgan fingerprint density at radius 3 is 3.06 bits per heavy atom. The van der Waals surface area contributed by atoms with Crippen molar-refractivity contribution in [3.8, 4) is 0 Å². The predicted octanol–water partition coefficient (Wildman–Crippen LogP) is 1.34. The molecule has 1 aliphatic carbocycles. The monoisotopic (exact) mass is 217 g/mol. The molecule has 3 heteroatoms. The Balaban J connectivity index is 2.16.